The van der Waals surface area contributed by atoms with Gasteiger partial charge in [0.2, 0.25) is 0 Å². The van der Waals surface area contributed by atoms with Crippen molar-refractivity contribution in [2.24, 2.45) is 0 Å². The van der Waals surface area contributed by atoms with Gasteiger partial charge in [-0.1, -0.05) is 116 Å². The summed E-state index contributed by atoms with van der Waals surface area (Å²) in [5.74, 6) is 0. The Kier molecular flexibility index (Phi) is 6.94. The lowest BCUT2D eigenvalue weighted by molar-refractivity contribution is 1.22. The summed E-state index contributed by atoms with van der Waals surface area (Å²) in [5.41, 5.74) is 10.5. The lowest BCUT2D eigenvalue weighted by atomic mass is 9.87. The quantitative estimate of drug-likeness (QED) is 0.192. The number of fused-ring (bicyclic) bond motifs is 4. The molecule has 0 saturated carbocycles. The summed E-state index contributed by atoms with van der Waals surface area (Å²) >= 11 is 1.81. The largest absolute Gasteiger partial charge is 0.354 e. The monoisotopic (exact) mass is 570 g/mol. The molecule has 0 atom stereocenters. The molecule has 0 amide bonds. The van der Waals surface area contributed by atoms with Crippen molar-refractivity contribution in [3.8, 4) is 0 Å². The van der Waals surface area contributed by atoms with Gasteiger partial charge in [-0.3, -0.25) is 5.41 Å². The molecule has 2 N–H and O–H groups in total. The Morgan fingerprint density at radius 3 is 2.33 bits per heavy atom. The van der Waals surface area contributed by atoms with Gasteiger partial charge in [-0.15, -0.1) is 11.3 Å². The molecule has 0 radical (unpaired) electrons. The first kappa shape index (κ1) is 26.6. The van der Waals surface area contributed by atoms with Gasteiger partial charge in [-0.05, 0) is 65.1 Å². The SMILES string of the molecule is C=Cc1cc(C(=N)/C(=C2\NC(c3ccccc3)=Cc3ccccc32)c2ccc3sc4ccccc4c3c2)ccc1/C=C\C. The van der Waals surface area contributed by atoms with Crippen LogP contribution in [0.4, 0.5) is 0 Å². The van der Waals surface area contributed by atoms with Crippen LogP contribution in [0.15, 0.2) is 128 Å². The Morgan fingerprint density at radius 2 is 1.49 bits per heavy atom. The first-order valence-corrected chi connectivity index (χ1v) is 15.2. The van der Waals surface area contributed by atoms with Crippen LogP contribution in [-0.4, -0.2) is 5.71 Å². The van der Waals surface area contributed by atoms with Crippen molar-refractivity contribution >= 4 is 72.4 Å². The highest BCUT2D eigenvalue weighted by molar-refractivity contribution is 7.25. The fourth-order valence-electron chi connectivity index (χ4n) is 5.89. The molecule has 0 unspecified atom stereocenters. The molecule has 7 rings (SSSR count). The Labute approximate surface area is 256 Å². The molecule has 0 spiro atoms. The highest BCUT2D eigenvalue weighted by Gasteiger charge is 2.24. The van der Waals surface area contributed by atoms with Crippen molar-refractivity contribution in [2.45, 2.75) is 6.92 Å². The average molecular weight is 571 g/mol. The van der Waals surface area contributed by atoms with Gasteiger partial charge in [0.15, 0.2) is 0 Å². The van der Waals surface area contributed by atoms with E-state index in [0.29, 0.717) is 5.71 Å². The Balaban J connectivity index is 1.50. The van der Waals surface area contributed by atoms with Gasteiger partial charge in [0.25, 0.3) is 0 Å². The van der Waals surface area contributed by atoms with Crippen molar-refractivity contribution in [3.63, 3.8) is 0 Å². The third-order valence-corrected chi connectivity index (χ3v) is 9.13. The molecule has 6 aromatic rings. The van der Waals surface area contributed by atoms with Crippen LogP contribution in [0.1, 0.15) is 45.9 Å². The zero-order valence-corrected chi connectivity index (χ0v) is 24.7. The summed E-state index contributed by atoms with van der Waals surface area (Å²) in [7, 11) is 0. The second-order valence-corrected chi connectivity index (χ2v) is 11.7. The molecule has 43 heavy (non-hydrogen) atoms. The number of hydrogen-bond donors (Lipinski definition) is 2. The minimum atomic E-state index is 0.459. The first-order chi connectivity index (χ1) is 21.1. The van der Waals surface area contributed by atoms with E-state index in [4.69, 9.17) is 0 Å². The smallest absolute Gasteiger partial charge is 0.0711 e. The van der Waals surface area contributed by atoms with E-state index >= 15 is 0 Å². The van der Waals surface area contributed by atoms with Crippen molar-refractivity contribution in [3.05, 3.63) is 167 Å². The average Bonchev–Trinajstić information content (AvgIpc) is 3.43. The van der Waals surface area contributed by atoms with Gasteiger partial charge in [0.1, 0.15) is 0 Å². The Bertz CT molecular complexity index is 2140. The van der Waals surface area contributed by atoms with E-state index in [2.05, 4.69) is 127 Å². The molecule has 0 fully saturated rings. The molecule has 1 aliphatic heterocycles. The van der Waals surface area contributed by atoms with Crippen LogP contribution in [0.5, 0.6) is 0 Å². The molecule has 2 heterocycles. The van der Waals surface area contributed by atoms with Gasteiger partial charge in [0, 0.05) is 42.6 Å². The maximum atomic E-state index is 9.78. The number of allylic oxidation sites excluding steroid dienone is 2. The molecular formula is C40H30N2S. The van der Waals surface area contributed by atoms with Crippen LogP contribution in [0, 0.1) is 5.41 Å². The molecule has 0 bridgehead atoms. The van der Waals surface area contributed by atoms with Crippen molar-refractivity contribution in [1.82, 2.24) is 5.32 Å². The Morgan fingerprint density at radius 1 is 0.744 bits per heavy atom. The Hall–Kier alpha value is -5.25. The van der Waals surface area contributed by atoms with E-state index in [1.54, 1.807) is 0 Å². The highest BCUT2D eigenvalue weighted by atomic mass is 32.1. The van der Waals surface area contributed by atoms with Gasteiger partial charge in [-0.25, -0.2) is 0 Å². The van der Waals surface area contributed by atoms with E-state index in [1.165, 1.54) is 20.2 Å². The summed E-state index contributed by atoms with van der Waals surface area (Å²) in [5, 5.41) is 16.0. The molecule has 1 aromatic heterocycles. The minimum Gasteiger partial charge on any atom is -0.354 e. The van der Waals surface area contributed by atoms with E-state index in [9.17, 15) is 5.41 Å². The van der Waals surface area contributed by atoms with E-state index in [0.717, 1.165) is 55.9 Å². The van der Waals surface area contributed by atoms with Crippen LogP contribution in [0.3, 0.4) is 0 Å². The predicted octanol–water partition coefficient (Wildman–Crippen LogP) is 10.8. The maximum absolute atomic E-state index is 9.78. The summed E-state index contributed by atoms with van der Waals surface area (Å²) in [6.07, 6.45) is 8.18. The van der Waals surface area contributed by atoms with Gasteiger partial charge in [0.05, 0.1) is 11.4 Å². The number of rotatable bonds is 6. The molecule has 206 valence electrons. The predicted molar refractivity (Wildman–Crippen MR) is 188 cm³/mol. The maximum Gasteiger partial charge on any atom is 0.0711 e. The van der Waals surface area contributed by atoms with E-state index in [1.807, 2.05) is 42.5 Å². The van der Waals surface area contributed by atoms with Crippen LogP contribution < -0.4 is 5.32 Å². The van der Waals surface area contributed by atoms with Crippen LogP contribution in [0.25, 0.3) is 55.4 Å². The topological polar surface area (TPSA) is 35.9 Å². The minimum absolute atomic E-state index is 0.459. The number of hydrogen-bond acceptors (Lipinski definition) is 3. The molecule has 1 aliphatic rings. The first-order valence-electron chi connectivity index (χ1n) is 14.4. The number of benzene rings is 5. The van der Waals surface area contributed by atoms with Crippen LogP contribution in [-0.2, 0) is 0 Å². The molecule has 3 heteroatoms. The molecule has 2 nitrogen and oxygen atoms in total. The van der Waals surface area contributed by atoms with Crippen LogP contribution >= 0.6 is 11.3 Å². The molecule has 0 aliphatic carbocycles. The lowest BCUT2D eigenvalue weighted by Gasteiger charge is -2.26. The summed E-state index contributed by atoms with van der Waals surface area (Å²) < 4.78 is 2.51. The standard InChI is InChI=1S/C40H30N2S/c1-3-12-27-19-20-31(23-26(27)4-2)39(41)38(30-21-22-37-34(24-30)33-17-10-11-18-36(33)43-37)40-32-16-9-8-15-29(32)25-35(42-40)28-13-6-5-7-14-28/h3-25,41-42H,2H2,1H3/b12-3-,40-38-,41-39?. The number of thiophene rings is 1. The molecular weight excluding hydrogens is 541 g/mol. The normalized spacial score (nSPS) is 13.9. The highest BCUT2D eigenvalue weighted by Crippen LogP contribution is 2.40. The molecule has 0 saturated heterocycles. The van der Waals surface area contributed by atoms with Crippen molar-refractivity contribution in [2.75, 3.05) is 0 Å². The van der Waals surface area contributed by atoms with E-state index < -0.39 is 0 Å². The lowest BCUT2D eigenvalue weighted by Crippen LogP contribution is -2.20. The number of nitrogens with one attached hydrogen (secondary N) is 2. The zero-order chi connectivity index (χ0) is 29.3. The van der Waals surface area contributed by atoms with E-state index in [-0.39, 0.29) is 0 Å². The summed E-state index contributed by atoms with van der Waals surface area (Å²) in [6.45, 7) is 6.08. The fourth-order valence-corrected chi connectivity index (χ4v) is 6.98. The fraction of sp³-hybridized carbons (Fsp3) is 0.0250. The second kappa shape index (κ2) is 11.2. The summed E-state index contributed by atoms with van der Waals surface area (Å²) in [6, 6.07) is 40.2. The summed E-state index contributed by atoms with van der Waals surface area (Å²) in [4.78, 5) is 0. The van der Waals surface area contributed by atoms with Gasteiger partial charge < -0.3 is 5.32 Å². The molecule has 5 aromatic carbocycles. The van der Waals surface area contributed by atoms with Crippen molar-refractivity contribution < 1.29 is 0 Å². The van der Waals surface area contributed by atoms with Crippen LogP contribution in [0.2, 0.25) is 0 Å². The third kappa shape index (κ3) is 4.84. The second-order valence-electron chi connectivity index (χ2n) is 10.6. The van der Waals surface area contributed by atoms with Crippen molar-refractivity contribution in [1.29, 1.82) is 5.41 Å². The van der Waals surface area contributed by atoms with Gasteiger partial charge in [-0.2, -0.15) is 0 Å². The third-order valence-electron chi connectivity index (χ3n) is 7.98. The zero-order valence-electron chi connectivity index (χ0n) is 23.9. The van der Waals surface area contributed by atoms with Gasteiger partial charge >= 0.3 is 0 Å².